The maximum Gasteiger partial charge on any atom is 0.141 e. The second-order valence-electron chi connectivity index (χ2n) is 7.43. The van der Waals surface area contributed by atoms with Crippen molar-refractivity contribution in [3.63, 3.8) is 0 Å². The number of halogens is 1. The molecule has 1 N–H and O–H groups in total. The molecule has 3 heterocycles. The van der Waals surface area contributed by atoms with Crippen LogP contribution in [0.3, 0.4) is 0 Å². The van der Waals surface area contributed by atoms with E-state index in [0.29, 0.717) is 0 Å². The Morgan fingerprint density at radius 1 is 0.966 bits per heavy atom. The molecule has 0 bridgehead atoms. The lowest BCUT2D eigenvalue weighted by Gasteiger charge is -2.33. The fourth-order valence-electron chi connectivity index (χ4n) is 4.04. The Hall–Kier alpha value is -2.83. The first-order valence-electron chi connectivity index (χ1n) is 9.88. The third-order valence-electron chi connectivity index (χ3n) is 5.57. The molecule has 0 aliphatic carbocycles. The van der Waals surface area contributed by atoms with Crippen LogP contribution in [-0.2, 0) is 6.54 Å². The molecule has 0 radical (unpaired) electrons. The molecule has 4 aromatic rings. The van der Waals surface area contributed by atoms with Crippen LogP contribution in [0.15, 0.2) is 66.3 Å². The first kappa shape index (κ1) is 18.2. The van der Waals surface area contributed by atoms with E-state index in [1.165, 1.54) is 17.7 Å². The standard InChI is InChI=1S/C23H21FN4S/c24-19-8-6-18(7-9-19)20-15-29-23-21(20)22(25-16-26-23)28-12-10-27(11-13-28)14-17-4-2-1-3-5-17/h1-9,15-16H,10-14H2/p+1. The monoisotopic (exact) mass is 405 g/mol. The first-order valence-corrected chi connectivity index (χ1v) is 10.8. The number of rotatable bonds is 4. The van der Waals surface area contributed by atoms with Crippen LogP contribution in [0.25, 0.3) is 21.3 Å². The van der Waals surface area contributed by atoms with E-state index in [1.54, 1.807) is 22.6 Å². The first-order chi connectivity index (χ1) is 14.3. The average molecular weight is 406 g/mol. The van der Waals surface area contributed by atoms with Crippen LogP contribution in [0, 0.1) is 5.82 Å². The summed E-state index contributed by atoms with van der Waals surface area (Å²) < 4.78 is 13.4. The van der Waals surface area contributed by atoms with Gasteiger partial charge in [0.2, 0.25) is 0 Å². The van der Waals surface area contributed by atoms with Crippen molar-refractivity contribution in [1.29, 1.82) is 0 Å². The van der Waals surface area contributed by atoms with Gasteiger partial charge in [-0.2, -0.15) is 0 Å². The molecular formula is C23H22FN4S+. The number of benzene rings is 2. The van der Waals surface area contributed by atoms with Crippen molar-refractivity contribution in [2.75, 3.05) is 31.1 Å². The van der Waals surface area contributed by atoms with Crippen LogP contribution in [0.5, 0.6) is 0 Å². The number of thiophene rings is 1. The minimum absolute atomic E-state index is 0.220. The minimum atomic E-state index is -0.220. The van der Waals surface area contributed by atoms with Crippen molar-refractivity contribution in [2.45, 2.75) is 6.54 Å². The predicted molar refractivity (Wildman–Crippen MR) is 116 cm³/mol. The van der Waals surface area contributed by atoms with E-state index in [0.717, 1.165) is 59.9 Å². The number of nitrogens with one attached hydrogen (secondary N) is 1. The van der Waals surface area contributed by atoms with E-state index in [1.807, 2.05) is 12.1 Å². The highest BCUT2D eigenvalue weighted by atomic mass is 32.1. The van der Waals surface area contributed by atoms with E-state index in [-0.39, 0.29) is 5.82 Å². The minimum Gasteiger partial charge on any atom is -0.345 e. The van der Waals surface area contributed by atoms with Gasteiger partial charge in [0, 0.05) is 16.5 Å². The maximum atomic E-state index is 13.4. The number of nitrogens with zero attached hydrogens (tertiary/aromatic N) is 3. The number of fused-ring (bicyclic) bond motifs is 1. The highest BCUT2D eigenvalue weighted by molar-refractivity contribution is 7.17. The number of quaternary nitrogens is 1. The van der Waals surface area contributed by atoms with Crippen LogP contribution in [0.1, 0.15) is 5.56 Å². The normalized spacial score (nSPS) is 15.1. The summed E-state index contributed by atoms with van der Waals surface area (Å²) in [5, 5.41) is 3.18. The van der Waals surface area contributed by atoms with Crippen LogP contribution in [-0.4, -0.2) is 36.1 Å². The summed E-state index contributed by atoms with van der Waals surface area (Å²) in [5.74, 6) is 0.775. The van der Waals surface area contributed by atoms with Gasteiger partial charge in [0.15, 0.2) is 0 Å². The lowest BCUT2D eigenvalue weighted by atomic mass is 10.1. The van der Waals surface area contributed by atoms with Crippen molar-refractivity contribution < 1.29 is 9.29 Å². The molecule has 0 unspecified atom stereocenters. The van der Waals surface area contributed by atoms with Gasteiger partial charge in [-0.25, -0.2) is 14.4 Å². The molecule has 29 heavy (non-hydrogen) atoms. The number of hydrogen-bond acceptors (Lipinski definition) is 4. The van der Waals surface area contributed by atoms with Crippen LogP contribution in [0.2, 0.25) is 0 Å². The summed E-state index contributed by atoms with van der Waals surface area (Å²) in [4.78, 5) is 14.1. The van der Waals surface area contributed by atoms with Crippen molar-refractivity contribution in [3.8, 4) is 11.1 Å². The molecule has 6 heteroatoms. The average Bonchev–Trinajstić information content (AvgIpc) is 3.20. The van der Waals surface area contributed by atoms with E-state index in [4.69, 9.17) is 0 Å². The topological polar surface area (TPSA) is 33.5 Å². The quantitative estimate of drug-likeness (QED) is 0.565. The highest BCUT2D eigenvalue weighted by Gasteiger charge is 2.24. The molecule has 1 aliphatic rings. The van der Waals surface area contributed by atoms with E-state index >= 15 is 0 Å². The van der Waals surface area contributed by atoms with Crippen molar-refractivity contribution in [1.82, 2.24) is 9.97 Å². The third kappa shape index (κ3) is 3.73. The Morgan fingerprint density at radius 3 is 2.48 bits per heavy atom. The Bertz CT molecular complexity index is 1100. The van der Waals surface area contributed by atoms with Gasteiger partial charge in [-0.3, -0.25) is 0 Å². The summed E-state index contributed by atoms with van der Waals surface area (Å²) in [7, 11) is 0. The summed E-state index contributed by atoms with van der Waals surface area (Å²) in [6.07, 6.45) is 1.66. The molecule has 0 amide bonds. The predicted octanol–water partition coefficient (Wildman–Crippen LogP) is 3.40. The van der Waals surface area contributed by atoms with Crippen molar-refractivity contribution in [3.05, 3.63) is 77.7 Å². The summed E-state index contributed by atoms with van der Waals surface area (Å²) in [5.41, 5.74) is 3.47. The van der Waals surface area contributed by atoms with Gasteiger partial charge in [-0.05, 0) is 17.7 Å². The van der Waals surface area contributed by atoms with Crippen molar-refractivity contribution in [2.24, 2.45) is 0 Å². The number of piperazine rings is 1. The van der Waals surface area contributed by atoms with Gasteiger partial charge in [0.05, 0.1) is 31.6 Å². The Kier molecular flexibility index (Phi) is 4.96. The maximum absolute atomic E-state index is 13.4. The molecule has 0 spiro atoms. The largest absolute Gasteiger partial charge is 0.345 e. The summed E-state index contributed by atoms with van der Waals surface area (Å²) in [6.45, 7) is 5.15. The Balaban J connectivity index is 1.39. The van der Waals surface area contributed by atoms with Crippen molar-refractivity contribution >= 4 is 27.4 Å². The van der Waals surface area contributed by atoms with Gasteiger partial charge in [-0.1, -0.05) is 42.5 Å². The number of anilines is 1. The third-order valence-corrected chi connectivity index (χ3v) is 6.46. The fourth-order valence-corrected chi connectivity index (χ4v) is 4.95. The molecule has 4 nitrogen and oxygen atoms in total. The molecule has 0 saturated carbocycles. The number of aromatic nitrogens is 2. The zero-order valence-corrected chi connectivity index (χ0v) is 16.8. The number of hydrogen-bond donors (Lipinski definition) is 1. The molecule has 2 aromatic heterocycles. The highest BCUT2D eigenvalue weighted by Crippen LogP contribution is 2.37. The van der Waals surface area contributed by atoms with E-state index in [2.05, 4.69) is 50.6 Å². The lowest BCUT2D eigenvalue weighted by molar-refractivity contribution is -0.914. The smallest absolute Gasteiger partial charge is 0.141 e. The lowest BCUT2D eigenvalue weighted by Crippen LogP contribution is -3.13. The molecule has 1 fully saturated rings. The van der Waals surface area contributed by atoms with Gasteiger partial charge in [0.25, 0.3) is 0 Å². The van der Waals surface area contributed by atoms with Crippen LogP contribution < -0.4 is 9.80 Å². The molecule has 1 aliphatic heterocycles. The summed E-state index contributed by atoms with van der Waals surface area (Å²) in [6, 6.07) is 17.4. The van der Waals surface area contributed by atoms with Crippen LogP contribution >= 0.6 is 11.3 Å². The van der Waals surface area contributed by atoms with Gasteiger partial charge >= 0.3 is 0 Å². The zero-order chi connectivity index (χ0) is 19.6. The molecule has 2 aromatic carbocycles. The molecular weight excluding hydrogens is 383 g/mol. The van der Waals surface area contributed by atoms with Gasteiger partial charge in [-0.15, -0.1) is 11.3 Å². The molecule has 5 rings (SSSR count). The summed E-state index contributed by atoms with van der Waals surface area (Å²) >= 11 is 1.62. The Labute approximate surface area is 173 Å². The molecule has 0 atom stereocenters. The second kappa shape index (κ2) is 7.89. The molecule has 146 valence electrons. The van der Waals surface area contributed by atoms with Crippen LogP contribution in [0.4, 0.5) is 10.2 Å². The zero-order valence-electron chi connectivity index (χ0n) is 16.0. The molecule has 1 saturated heterocycles. The fraction of sp³-hybridized carbons (Fsp3) is 0.217. The Morgan fingerprint density at radius 2 is 1.72 bits per heavy atom. The van der Waals surface area contributed by atoms with E-state index in [9.17, 15) is 4.39 Å². The van der Waals surface area contributed by atoms with Gasteiger partial charge in [0.1, 0.15) is 29.3 Å². The SMILES string of the molecule is Fc1ccc(-c2csc3ncnc(N4CC[NH+](Cc5ccccc5)CC4)c23)cc1. The van der Waals surface area contributed by atoms with E-state index < -0.39 is 0 Å². The second-order valence-corrected chi connectivity index (χ2v) is 8.29. The van der Waals surface area contributed by atoms with Gasteiger partial charge < -0.3 is 9.80 Å².